The summed E-state index contributed by atoms with van der Waals surface area (Å²) in [5.74, 6) is 1.42. The second kappa shape index (κ2) is 10.1. The van der Waals surface area contributed by atoms with Crippen LogP contribution in [0.25, 0.3) is 11.0 Å². The maximum Gasteiger partial charge on any atom is 0.238 e. The van der Waals surface area contributed by atoms with Crippen LogP contribution in [0.5, 0.6) is 5.75 Å². The topological polar surface area (TPSA) is 96.8 Å². The van der Waals surface area contributed by atoms with Crippen molar-refractivity contribution in [2.24, 2.45) is 13.0 Å². The zero-order chi connectivity index (χ0) is 24.3. The minimum Gasteiger partial charge on any atom is -0.493 e. The molecule has 1 amide bonds. The van der Waals surface area contributed by atoms with Gasteiger partial charge in [-0.1, -0.05) is 18.2 Å². The average molecular weight is 486 g/mol. The molecule has 1 N–H and O–H groups in total. The summed E-state index contributed by atoms with van der Waals surface area (Å²) >= 11 is 0. The Kier molecular flexibility index (Phi) is 7.20. The third-order valence-corrected chi connectivity index (χ3v) is 7.37. The molecule has 1 saturated heterocycles. The molecule has 0 bridgehead atoms. The molecule has 9 nitrogen and oxygen atoms in total. The number of carbonyl (C=O) groups excluding carboxylic acids is 1. The zero-order valence-corrected chi connectivity index (χ0v) is 20.6. The fraction of sp³-hybridized carbons (Fsp3) is 0.417. The van der Waals surface area contributed by atoms with Crippen molar-refractivity contribution in [2.45, 2.75) is 6.92 Å². The number of amides is 1. The predicted molar refractivity (Wildman–Crippen MR) is 132 cm³/mol. The van der Waals surface area contributed by atoms with Crippen LogP contribution < -0.4 is 10.1 Å². The second-order valence-corrected chi connectivity index (χ2v) is 10.8. The van der Waals surface area contributed by atoms with Crippen molar-refractivity contribution >= 4 is 32.7 Å². The molecule has 10 heteroatoms. The third-order valence-electron chi connectivity index (χ3n) is 6.10. The summed E-state index contributed by atoms with van der Waals surface area (Å²) in [5, 5.41) is 2.95. The van der Waals surface area contributed by atoms with Crippen molar-refractivity contribution in [3.63, 3.8) is 0 Å². The molecular weight excluding hydrogens is 454 g/mol. The molecule has 34 heavy (non-hydrogen) atoms. The van der Waals surface area contributed by atoms with Gasteiger partial charge in [0.25, 0.3) is 0 Å². The van der Waals surface area contributed by atoms with E-state index in [0.29, 0.717) is 38.5 Å². The molecule has 4 rings (SSSR count). The van der Waals surface area contributed by atoms with Crippen LogP contribution in [0.4, 0.5) is 5.69 Å². The molecular formula is C24H31N5O4S. The Labute approximate surface area is 200 Å². The first kappa shape index (κ1) is 24.2. The van der Waals surface area contributed by atoms with E-state index in [0.717, 1.165) is 22.6 Å². The average Bonchev–Trinajstić information content (AvgIpc) is 2.94. The van der Waals surface area contributed by atoms with E-state index in [4.69, 9.17) is 4.74 Å². The van der Waals surface area contributed by atoms with Crippen molar-refractivity contribution < 1.29 is 17.9 Å². The monoisotopic (exact) mass is 485 g/mol. The Morgan fingerprint density at radius 2 is 1.91 bits per heavy atom. The molecule has 2 aromatic carbocycles. The molecule has 1 aliphatic heterocycles. The summed E-state index contributed by atoms with van der Waals surface area (Å²) in [6.45, 7) is 4.20. The van der Waals surface area contributed by atoms with E-state index < -0.39 is 10.0 Å². The molecule has 182 valence electrons. The van der Waals surface area contributed by atoms with E-state index in [1.165, 1.54) is 10.6 Å². The van der Waals surface area contributed by atoms with Crippen LogP contribution in [0.2, 0.25) is 0 Å². The molecule has 0 spiro atoms. The minimum absolute atomic E-state index is 0.0712. The largest absolute Gasteiger partial charge is 0.493 e. The normalized spacial score (nSPS) is 18.0. The highest BCUT2D eigenvalue weighted by atomic mass is 32.2. The van der Waals surface area contributed by atoms with Gasteiger partial charge in [0, 0.05) is 44.8 Å². The lowest BCUT2D eigenvalue weighted by Crippen LogP contribution is -2.38. The van der Waals surface area contributed by atoms with Crippen molar-refractivity contribution in [1.82, 2.24) is 18.8 Å². The quantitative estimate of drug-likeness (QED) is 0.551. The SMILES string of the molecule is Cc1nc2cc(NC(=O)CN3CCN(S(C)(=O)=O)CC(COc4ccccc4)C3)ccc2n1C. The van der Waals surface area contributed by atoms with Gasteiger partial charge in [-0.3, -0.25) is 9.69 Å². The Bertz CT molecular complexity index is 1260. The number of fused-ring (bicyclic) bond motifs is 1. The minimum atomic E-state index is -3.35. The summed E-state index contributed by atoms with van der Waals surface area (Å²) in [5.41, 5.74) is 2.52. The van der Waals surface area contributed by atoms with E-state index in [1.807, 2.05) is 72.0 Å². The molecule has 3 aromatic rings. The molecule has 1 atom stereocenters. The maximum atomic E-state index is 12.8. The number of rotatable bonds is 7. The lowest BCUT2D eigenvalue weighted by atomic mass is 10.1. The third kappa shape index (κ3) is 5.94. The van der Waals surface area contributed by atoms with Gasteiger partial charge < -0.3 is 14.6 Å². The highest BCUT2D eigenvalue weighted by molar-refractivity contribution is 7.88. The van der Waals surface area contributed by atoms with Crippen molar-refractivity contribution in [2.75, 3.05) is 50.9 Å². The molecule has 0 aliphatic carbocycles. The van der Waals surface area contributed by atoms with Crippen molar-refractivity contribution in [1.29, 1.82) is 0 Å². The number of imidazole rings is 1. The molecule has 2 heterocycles. The summed E-state index contributed by atoms with van der Waals surface area (Å²) in [6, 6.07) is 15.1. The summed E-state index contributed by atoms with van der Waals surface area (Å²) in [4.78, 5) is 19.3. The molecule has 0 saturated carbocycles. The van der Waals surface area contributed by atoms with Crippen LogP contribution in [0, 0.1) is 12.8 Å². The van der Waals surface area contributed by atoms with E-state index in [1.54, 1.807) is 0 Å². The van der Waals surface area contributed by atoms with Gasteiger partial charge in [0.05, 0.1) is 30.4 Å². The van der Waals surface area contributed by atoms with E-state index in [2.05, 4.69) is 10.3 Å². The number of nitrogens with zero attached hydrogens (tertiary/aromatic N) is 4. The first-order chi connectivity index (χ1) is 16.2. The number of anilines is 1. The van der Waals surface area contributed by atoms with Crippen LogP contribution in [0.3, 0.4) is 0 Å². The van der Waals surface area contributed by atoms with Crippen LogP contribution in [-0.4, -0.2) is 78.7 Å². The van der Waals surface area contributed by atoms with Crippen molar-refractivity contribution in [3.8, 4) is 5.75 Å². The number of carbonyl (C=O) groups is 1. The Morgan fingerprint density at radius 1 is 1.15 bits per heavy atom. The van der Waals surface area contributed by atoms with Gasteiger partial charge in [0.15, 0.2) is 0 Å². The van der Waals surface area contributed by atoms with Gasteiger partial charge in [-0.25, -0.2) is 17.7 Å². The van der Waals surface area contributed by atoms with E-state index in [-0.39, 0.29) is 18.4 Å². The first-order valence-electron chi connectivity index (χ1n) is 11.3. The second-order valence-electron chi connectivity index (χ2n) is 8.82. The highest BCUT2D eigenvalue weighted by Crippen LogP contribution is 2.20. The molecule has 1 aromatic heterocycles. The maximum absolute atomic E-state index is 12.8. The number of hydrogen-bond donors (Lipinski definition) is 1. The molecule has 1 aliphatic rings. The lowest BCUT2D eigenvalue weighted by molar-refractivity contribution is -0.117. The van der Waals surface area contributed by atoms with Gasteiger partial charge in [-0.2, -0.15) is 0 Å². The number of aryl methyl sites for hydroxylation is 2. The fourth-order valence-corrected chi connectivity index (χ4v) is 5.12. The zero-order valence-electron chi connectivity index (χ0n) is 19.8. The van der Waals surface area contributed by atoms with Crippen LogP contribution in [0.15, 0.2) is 48.5 Å². The first-order valence-corrected chi connectivity index (χ1v) is 13.1. The van der Waals surface area contributed by atoms with Gasteiger partial charge in [-0.15, -0.1) is 0 Å². The summed E-state index contributed by atoms with van der Waals surface area (Å²) < 4.78 is 33.9. The van der Waals surface area contributed by atoms with E-state index in [9.17, 15) is 13.2 Å². The number of ether oxygens (including phenoxy) is 1. The van der Waals surface area contributed by atoms with Crippen LogP contribution >= 0.6 is 0 Å². The van der Waals surface area contributed by atoms with E-state index >= 15 is 0 Å². The van der Waals surface area contributed by atoms with Crippen LogP contribution in [0.1, 0.15) is 5.82 Å². The smallest absolute Gasteiger partial charge is 0.238 e. The highest BCUT2D eigenvalue weighted by Gasteiger charge is 2.29. The Morgan fingerprint density at radius 3 is 2.65 bits per heavy atom. The lowest BCUT2D eigenvalue weighted by Gasteiger charge is -2.24. The number of benzene rings is 2. The van der Waals surface area contributed by atoms with Gasteiger partial charge >= 0.3 is 0 Å². The number of aromatic nitrogens is 2. The van der Waals surface area contributed by atoms with Gasteiger partial charge in [0.2, 0.25) is 15.9 Å². The summed E-state index contributed by atoms with van der Waals surface area (Å²) in [6.07, 6.45) is 1.22. The number of para-hydroxylation sites is 1. The summed E-state index contributed by atoms with van der Waals surface area (Å²) in [7, 11) is -1.39. The Hall–Kier alpha value is -2.95. The van der Waals surface area contributed by atoms with Gasteiger partial charge in [0.1, 0.15) is 11.6 Å². The van der Waals surface area contributed by atoms with Crippen LogP contribution in [-0.2, 0) is 21.9 Å². The fourth-order valence-electron chi connectivity index (χ4n) is 4.23. The number of sulfonamides is 1. The van der Waals surface area contributed by atoms with Gasteiger partial charge in [-0.05, 0) is 37.3 Å². The Balaban J connectivity index is 1.41. The van der Waals surface area contributed by atoms with Crippen molar-refractivity contribution in [3.05, 3.63) is 54.4 Å². The standard InChI is InChI=1S/C24H31N5O4S/c1-18-25-22-13-20(9-10-23(22)27(18)2)26-24(30)16-28-11-12-29(34(3,31)32)15-19(14-28)17-33-21-7-5-4-6-8-21/h4-10,13,19H,11-12,14-17H2,1-3H3,(H,26,30). The molecule has 1 unspecified atom stereocenters. The number of nitrogens with one attached hydrogen (secondary N) is 1. The molecule has 1 fully saturated rings. The number of hydrogen-bond acceptors (Lipinski definition) is 6. The predicted octanol–water partition coefficient (Wildman–Crippen LogP) is 2.09. The molecule has 0 radical (unpaired) electrons.